The van der Waals surface area contributed by atoms with Gasteiger partial charge in [-0.2, -0.15) is 0 Å². The first-order valence-corrected chi connectivity index (χ1v) is 5.53. The van der Waals surface area contributed by atoms with Crippen LogP contribution in [0.5, 0.6) is 0 Å². The van der Waals surface area contributed by atoms with Gasteiger partial charge in [-0.25, -0.2) is 0 Å². The highest BCUT2D eigenvalue weighted by Gasteiger charge is 2.08. The molecule has 1 aromatic carbocycles. The summed E-state index contributed by atoms with van der Waals surface area (Å²) in [6.45, 7) is 5.44. The van der Waals surface area contributed by atoms with E-state index in [1.54, 1.807) is 19.9 Å². The van der Waals surface area contributed by atoms with E-state index in [0.29, 0.717) is 6.42 Å². The second kappa shape index (κ2) is 5.28. The summed E-state index contributed by atoms with van der Waals surface area (Å²) in [6, 6.07) is 7.83. The average Bonchev–Trinajstić information content (AvgIpc) is 2.16. The molecule has 1 atom stereocenters. The van der Waals surface area contributed by atoms with Crippen LogP contribution in [0.1, 0.15) is 37.5 Å². The zero-order valence-corrected chi connectivity index (χ0v) is 10.1. The van der Waals surface area contributed by atoms with E-state index in [0.717, 1.165) is 5.56 Å². The van der Waals surface area contributed by atoms with Crippen LogP contribution < -0.4 is 0 Å². The van der Waals surface area contributed by atoms with Gasteiger partial charge in [0.15, 0.2) is 0 Å². The molecule has 0 amide bonds. The van der Waals surface area contributed by atoms with Gasteiger partial charge >= 0.3 is 0 Å². The van der Waals surface area contributed by atoms with Crippen molar-refractivity contribution in [3.8, 4) is 0 Å². The second-order valence-electron chi connectivity index (χ2n) is 4.72. The molecule has 0 aliphatic rings. The van der Waals surface area contributed by atoms with Crippen molar-refractivity contribution in [1.82, 2.24) is 0 Å². The predicted molar refractivity (Wildman–Crippen MR) is 66.2 cm³/mol. The lowest BCUT2D eigenvalue weighted by Crippen LogP contribution is -2.13. The van der Waals surface area contributed by atoms with Gasteiger partial charge in [0.2, 0.25) is 0 Å². The first-order chi connectivity index (χ1) is 7.38. The Kier molecular flexibility index (Phi) is 4.27. The largest absolute Gasteiger partial charge is 0.388 e. The van der Waals surface area contributed by atoms with Crippen molar-refractivity contribution in [2.24, 2.45) is 0 Å². The number of hydrogen-bond acceptors (Lipinski definition) is 2. The Morgan fingerprint density at radius 3 is 2.31 bits per heavy atom. The molecule has 0 bridgehead atoms. The fourth-order valence-electron chi connectivity index (χ4n) is 1.41. The molecule has 0 fully saturated rings. The van der Waals surface area contributed by atoms with E-state index in [-0.39, 0.29) is 0 Å². The second-order valence-corrected chi connectivity index (χ2v) is 4.72. The number of benzene rings is 1. The maximum Gasteiger partial charge on any atom is 0.0824 e. The van der Waals surface area contributed by atoms with Gasteiger partial charge < -0.3 is 10.2 Å². The van der Waals surface area contributed by atoms with E-state index < -0.39 is 11.7 Å². The summed E-state index contributed by atoms with van der Waals surface area (Å²) >= 11 is 0. The molecule has 0 saturated carbocycles. The van der Waals surface area contributed by atoms with E-state index in [1.807, 2.05) is 37.3 Å². The molecule has 0 spiro atoms. The van der Waals surface area contributed by atoms with Gasteiger partial charge in [0.1, 0.15) is 0 Å². The zero-order chi connectivity index (χ0) is 12.2. The van der Waals surface area contributed by atoms with Crippen molar-refractivity contribution >= 4 is 0 Å². The molecule has 0 radical (unpaired) electrons. The van der Waals surface area contributed by atoms with Crippen LogP contribution >= 0.6 is 0 Å². The number of hydrogen-bond donors (Lipinski definition) is 2. The highest BCUT2D eigenvalue weighted by Crippen LogP contribution is 2.18. The maximum absolute atomic E-state index is 9.88. The topological polar surface area (TPSA) is 40.5 Å². The van der Waals surface area contributed by atoms with Gasteiger partial charge in [-0.3, -0.25) is 0 Å². The van der Waals surface area contributed by atoms with Crippen molar-refractivity contribution in [2.75, 3.05) is 0 Å². The minimum absolute atomic E-state index is 0.501. The number of rotatable bonds is 4. The minimum atomic E-state index is -0.813. The summed E-state index contributed by atoms with van der Waals surface area (Å²) in [5.74, 6) is 0. The van der Waals surface area contributed by atoms with E-state index in [2.05, 4.69) is 0 Å². The number of aliphatic hydroxyl groups is 2. The van der Waals surface area contributed by atoms with Crippen molar-refractivity contribution in [2.45, 2.75) is 38.9 Å². The third-order valence-corrected chi connectivity index (χ3v) is 2.35. The molecule has 0 heterocycles. The smallest absolute Gasteiger partial charge is 0.0824 e. The van der Waals surface area contributed by atoms with Crippen molar-refractivity contribution in [3.05, 3.63) is 47.5 Å². The summed E-state index contributed by atoms with van der Waals surface area (Å²) in [5.41, 5.74) is 1.28. The quantitative estimate of drug-likeness (QED) is 0.766. The molecule has 1 rings (SSSR count). The molecule has 0 aliphatic carbocycles. The van der Waals surface area contributed by atoms with Gasteiger partial charge in [0, 0.05) is 0 Å². The standard InChI is InChI=1S/C14H20O2/c1-11-6-8-12(9-7-11)13(15)5-4-10-14(2,3)16/h4,6-10,13,15-16H,5H2,1-3H3. The molecular formula is C14H20O2. The first-order valence-electron chi connectivity index (χ1n) is 5.53. The minimum Gasteiger partial charge on any atom is -0.388 e. The molecule has 88 valence electrons. The van der Waals surface area contributed by atoms with E-state index in [4.69, 9.17) is 0 Å². The molecule has 2 nitrogen and oxygen atoms in total. The maximum atomic E-state index is 9.88. The highest BCUT2D eigenvalue weighted by atomic mass is 16.3. The molecule has 2 N–H and O–H groups in total. The van der Waals surface area contributed by atoms with Crippen molar-refractivity contribution < 1.29 is 10.2 Å². The van der Waals surface area contributed by atoms with Crippen LogP contribution in [0.3, 0.4) is 0 Å². The number of aryl methyl sites for hydroxylation is 1. The fourth-order valence-corrected chi connectivity index (χ4v) is 1.41. The molecule has 0 aliphatic heterocycles. The third-order valence-electron chi connectivity index (χ3n) is 2.35. The van der Waals surface area contributed by atoms with Gasteiger partial charge in [0.05, 0.1) is 11.7 Å². The first kappa shape index (κ1) is 12.9. The number of aliphatic hydroxyl groups excluding tert-OH is 1. The van der Waals surface area contributed by atoms with E-state index in [1.165, 1.54) is 5.56 Å². The predicted octanol–water partition coefficient (Wildman–Crippen LogP) is 2.75. The molecule has 1 unspecified atom stereocenters. The molecule has 2 heteroatoms. The van der Waals surface area contributed by atoms with Gasteiger partial charge in [-0.1, -0.05) is 42.0 Å². The Morgan fingerprint density at radius 2 is 1.81 bits per heavy atom. The Balaban J connectivity index is 2.56. The Labute approximate surface area is 97.2 Å². The molecule has 1 aromatic rings. The van der Waals surface area contributed by atoms with Crippen LogP contribution in [0.15, 0.2) is 36.4 Å². The fraction of sp³-hybridized carbons (Fsp3) is 0.429. The monoisotopic (exact) mass is 220 g/mol. The lowest BCUT2D eigenvalue weighted by molar-refractivity contribution is 0.131. The Hall–Kier alpha value is -1.12. The highest BCUT2D eigenvalue weighted by molar-refractivity contribution is 5.23. The summed E-state index contributed by atoms with van der Waals surface area (Å²) < 4.78 is 0. The third kappa shape index (κ3) is 4.60. The molecule has 16 heavy (non-hydrogen) atoms. The van der Waals surface area contributed by atoms with Gasteiger partial charge in [0.25, 0.3) is 0 Å². The molecule has 0 saturated heterocycles. The van der Waals surface area contributed by atoms with Crippen LogP contribution in [-0.4, -0.2) is 15.8 Å². The summed E-state index contributed by atoms with van der Waals surface area (Å²) in [5, 5.41) is 19.3. The van der Waals surface area contributed by atoms with Gasteiger partial charge in [-0.05, 0) is 32.8 Å². The van der Waals surface area contributed by atoms with E-state index >= 15 is 0 Å². The normalized spacial score (nSPS) is 14.3. The average molecular weight is 220 g/mol. The van der Waals surface area contributed by atoms with E-state index in [9.17, 15) is 10.2 Å². The van der Waals surface area contributed by atoms with Crippen LogP contribution in [0.25, 0.3) is 0 Å². The summed E-state index contributed by atoms with van der Waals surface area (Å²) in [7, 11) is 0. The van der Waals surface area contributed by atoms with Crippen LogP contribution in [0.2, 0.25) is 0 Å². The van der Waals surface area contributed by atoms with Gasteiger partial charge in [-0.15, -0.1) is 0 Å². The lowest BCUT2D eigenvalue weighted by Gasteiger charge is -2.12. The Morgan fingerprint density at radius 1 is 1.25 bits per heavy atom. The Bertz CT molecular complexity index is 344. The molecule has 0 aromatic heterocycles. The summed E-state index contributed by atoms with van der Waals surface area (Å²) in [4.78, 5) is 0. The SMILES string of the molecule is Cc1ccc(C(O)CC=CC(C)(C)O)cc1. The van der Waals surface area contributed by atoms with Crippen LogP contribution in [-0.2, 0) is 0 Å². The van der Waals surface area contributed by atoms with Crippen molar-refractivity contribution in [1.29, 1.82) is 0 Å². The van der Waals surface area contributed by atoms with Crippen LogP contribution in [0.4, 0.5) is 0 Å². The van der Waals surface area contributed by atoms with Crippen LogP contribution in [0, 0.1) is 6.92 Å². The zero-order valence-electron chi connectivity index (χ0n) is 10.1. The lowest BCUT2D eigenvalue weighted by atomic mass is 10.0. The molecular weight excluding hydrogens is 200 g/mol. The van der Waals surface area contributed by atoms with Crippen molar-refractivity contribution in [3.63, 3.8) is 0 Å². The summed E-state index contributed by atoms with van der Waals surface area (Å²) in [6.07, 6.45) is 3.53.